The fourth-order valence-corrected chi connectivity index (χ4v) is 4.35. The molecular weight excluding hydrogens is 384 g/mol. The zero-order valence-electron chi connectivity index (χ0n) is 15.4. The summed E-state index contributed by atoms with van der Waals surface area (Å²) in [7, 11) is -2.57. The summed E-state index contributed by atoms with van der Waals surface area (Å²) in [5.74, 6) is 0. The highest BCUT2D eigenvalue weighted by atomic mass is 32.2. The average Bonchev–Trinajstić information content (AvgIpc) is 2.85. The maximum atomic E-state index is 12.9. The van der Waals surface area contributed by atoms with Crippen LogP contribution in [0.15, 0.2) is 58.2 Å². The molecule has 3 aromatic rings. The number of benzene rings is 2. The minimum absolute atomic E-state index is 0.00281. The first-order chi connectivity index (χ1) is 13.1. The molecule has 0 atom stereocenters. The Balaban J connectivity index is 2.12. The van der Waals surface area contributed by atoms with Crippen LogP contribution in [0.1, 0.15) is 11.3 Å². The zero-order chi connectivity index (χ0) is 20.6. The molecule has 0 radical (unpaired) electrons. The predicted octanol–water partition coefficient (Wildman–Crippen LogP) is 2.50. The number of aromatic nitrogens is 2. The molecule has 146 valence electrons. The topological polar surface area (TPSA) is 116 Å². The van der Waals surface area contributed by atoms with E-state index in [2.05, 4.69) is 4.72 Å². The first kappa shape index (κ1) is 19.4. The highest BCUT2D eigenvalue weighted by Gasteiger charge is 2.26. The highest BCUT2D eigenvalue weighted by Crippen LogP contribution is 2.26. The Hall–Kier alpha value is -3.40. The molecule has 28 heavy (non-hydrogen) atoms. The van der Waals surface area contributed by atoms with Crippen molar-refractivity contribution in [3.05, 3.63) is 80.3 Å². The van der Waals surface area contributed by atoms with Crippen LogP contribution in [0, 0.1) is 24.0 Å². The van der Waals surface area contributed by atoms with Crippen molar-refractivity contribution in [2.24, 2.45) is 7.05 Å². The quantitative estimate of drug-likeness (QED) is 0.520. The number of sulfonamides is 1. The Kier molecular flexibility index (Phi) is 4.82. The Morgan fingerprint density at radius 1 is 1.04 bits per heavy atom. The number of hydrogen-bond donors (Lipinski definition) is 1. The summed E-state index contributed by atoms with van der Waals surface area (Å²) in [4.78, 5) is 23.1. The molecule has 0 fully saturated rings. The van der Waals surface area contributed by atoms with Gasteiger partial charge in [-0.25, -0.2) is 13.1 Å². The van der Waals surface area contributed by atoms with Crippen molar-refractivity contribution < 1.29 is 13.3 Å². The van der Waals surface area contributed by atoms with Crippen LogP contribution < -0.4 is 10.3 Å². The van der Waals surface area contributed by atoms with E-state index in [1.807, 2.05) is 0 Å². The lowest BCUT2D eigenvalue weighted by atomic mass is 10.2. The predicted molar refractivity (Wildman–Crippen MR) is 104 cm³/mol. The molecule has 0 aliphatic heterocycles. The molecule has 10 heteroatoms. The number of nitro benzene ring substituents is 1. The molecule has 0 saturated heterocycles. The molecule has 0 unspecified atom stereocenters. The van der Waals surface area contributed by atoms with Gasteiger partial charge in [-0.3, -0.25) is 24.3 Å². The van der Waals surface area contributed by atoms with E-state index in [-0.39, 0.29) is 21.8 Å². The fourth-order valence-electron chi connectivity index (χ4n) is 2.97. The molecule has 0 aliphatic rings. The van der Waals surface area contributed by atoms with E-state index in [0.717, 1.165) is 0 Å². The maximum absolute atomic E-state index is 12.9. The van der Waals surface area contributed by atoms with Crippen LogP contribution in [-0.2, 0) is 17.1 Å². The van der Waals surface area contributed by atoms with Crippen LogP contribution in [0.25, 0.3) is 5.69 Å². The maximum Gasteiger partial charge on any atom is 0.296 e. The molecule has 1 aromatic heterocycles. The van der Waals surface area contributed by atoms with Crippen molar-refractivity contribution >= 4 is 21.4 Å². The second kappa shape index (κ2) is 6.97. The van der Waals surface area contributed by atoms with E-state index in [9.17, 15) is 23.3 Å². The summed E-state index contributed by atoms with van der Waals surface area (Å²) < 4.78 is 30.9. The van der Waals surface area contributed by atoms with Crippen LogP contribution in [-0.4, -0.2) is 22.7 Å². The van der Waals surface area contributed by atoms with Crippen LogP contribution >= 0.6 is 0 Å². The van der Waals surface area contributed by atoms with Gasteiger partial charge in [-0.05, 0) is 32.0 Å². The van der Waals surface area contributed by atoms with Crippen molar-refractivity contribution in [3.63, 3.8) is 0 Å². The summed E-state index contributed by atoms with van der Waals surface area (Å²) in [5, 5.41) is 11.1. The van der Waals surface area contributed by atoms with Crippen molar-refractivity contribution in [1.82, 2.24) is 9.36 Å². The number of rotatable bonds is 5. The van der Waals surface area contributed by atoms with E-state index in [1.54, 1.807) is 44.3 Å². The van der Waals surface area contributed by atoms with E-state index in [0.29, 0.717) is 11.4 Å². The van der Waals surface area contributed by atoms with E-state index >= 15 is 0 Å². The SMILES string of the molecule is Cc1c([N+](=O)[O-])cccc1S(=O)(=O)Nc1c(C)n(C)n(-c2ccccc2)c1=O. The van der Waals surface area contributed by atoms with Crippen molar-refractivity contribution in [1.29, 1.82) is 0 Å². The summed E-state index contributed by atoms with van der Waals surface area (Å²) in [6.45, 7) is 2.96. The van der Waals surface area contributed by atoms with Gasteiger partial charge in [0.1, 0.15) is 5.69 Å². The Labute approximate surface area is 161 Å². The summed E-state index contributed by atoms with van der Waals surface area (Å²) in [6, 6.07) is 12.6. The number of hydrogen-bond acceptors (Lipinski definition) is 5. The molecule has 2 aromatic carbocycles. The molecule has 1 heterocycles. The lowest BCUT2D eigenvalue weighted by Crippen LogP contribution is -2.23. The molecule has 0 spiro atoms. The minimum Gasteiger partial charge on any atom is -0.283 e. The van der Waals surface area contributed by atoms with Crippen LogP contribution in [0.5, 0.6) is 0 Å². The van der Waals surface area contributed by atoms with Gasteiger partial charge in [0.25, 0.3) is 21.3 Å². The minimum atomic E-state index is -4.21. The van der Waals surface area contributed by atoms with Crippen LogP contribution in [0.2, 0.25) is 0 Å². The second-order valence-corrected chi connectivity index (χ2v) is 7.85. The molecular formula is C18H18N4O5S. The lowest BCUT2D eigenvalue weighted by molar-refractivity contribution is -0.385. The molecule has 9 nitrogen and oxygen atoms in total. The standard InChI is InChI=1S/C18H18N4O5S/c1-12-15(22(24)25)10-7-11-16(12)28(26,27)19-17-13(2)20(3)21(18(17)23)14-8-5-4-6-9-14/h4-11,19H,1-3H3. The normalized spacial score (nSPS) is 11.4. The summed E-state index contributed by atoms with van der Waals surface area (Å²) >= 11 is 0. The van der Waals surface area contributed by atoms with Crippen molar-refractivity contribution in [2.45, 2.75) is 18.7 Å². The monoisotopic (exact) mass is 402 g/mol. The van der Waals surface area contributed by atoms with Crippen LogP contribution in [0.4, 0.5) is 11.4 Å². The van der Waals surface area contributed by atoms with Gasteiger partial charge in [0.15, 0.2) is 0 Å². The Morgan fingerprint density at radius 2 is 1.68 bits per heavy atom. The van der Waals surface area contributed by atoms with E-state index < -0.39 is 20.5 Å². The summed E-state index contributed by atoms with van der Waals surface area (Å²) in [5.41, 5.74) is 0.0111. The third-order valence-electron chi connectivity index (χ3n) is 4.53. The molecule has 0 amide bonds. The average molecular weight is 402 g/mol. The van der Waals surface area contributed by atoms with Gasteiger partial charge < -0.3 is 0 Å². The number of para-hydroxylation sites is 1. The first-order valence-electron chi connectivity index (χ1n) is 8.26. The number of nitrogens with one attached hydrogen (secondary N) is 1. The fraction of sp³-hybridized carbons (Fsp3) is 0.167. The van der Waals surface area contributed by atoms with Crippen molar-refractivity contribution in [3.8, 4) is 5.69 Å². The van der Waals surface area contributed by atoms with Crippen LogP contribution in [0.3, 0.4) is 0 Å². The molecule has 1 N–H and O–H groups in total. The first-order valence-corrected chi connectivity index (χ1v) is 9.74. The smallest absolute Gasteiger partial charge is 0.283 e. The second-order valence-electron chi connectivity index (χ2n) is 6.20. The number of anilines is 1. The molecule has 0 bridgehead atoms. The zero-order valence-corrected chi connectivity index (χ0v) is 16.2. The largest absolute Gasteiger partial charge is 0.296 e. The van der Waals surface area contributed by atoms with Gasteiger partial charge in [0, 0.05) is 18.7 Å². The van der Waals surface area contributed by atoms with Gasteiger partial charge in [-0.15, -0.1) is 0 Å². The Morgan fingerprint density at radius 3 is 2.29 bits per heavy atom. The third-order valence-corrected chi connectivity index (χ3v) is 6.03. The summed E-state index contributed by atoms with van der Waals surface area (Å²) in [6.07, 6.45) is 0. The third kappa shape index (κ3) is 3.18. The molecule has 0 aliphatic carbocycles. The number of nitrogens with zero attached hydrogens (tertiary/aromatic N) is 3. The van der Waals surface area contributed by atoms with Gasteiger partial charge in [-0.1, -0.05) is 24.3 Å². The van der Waals surface area contributed by atoms with E-state index in [1.165, 1.54) is 34.5 Å². The van der Waals surface area contributed by atoms with Gasteiger partial charge in [0.2, 0.25) is 0 Å². The van der Waals surface area contributed by atoms with Crippen molar-refractivity contribution in [2.75, 3.05) is 4.72 Å². The lowest BCUT2D eigenvalue weighted by Gasteiger charge is -2.09. The van der Waals surface area contributed by atoms with Gasteiger partial charge in [0.05, 0.1) is 21.2 Å². The van der Waals surface area contributed by atoms with Gasteiger partial charge >= 0.3 is 0 Å². The highest BCUT2D eigenvalue weighted by molar-refractivity contribution is 7.92. The van der Waals surface area contributed by atoms with Gasteiger partial charge in [-0.2, -0.15) is 0 Å². The van der Waals surface area contributed by atoms with E-state index in [4.69, 9.17) is 0 Å². The number of nitro groups is 1. The molecule has 3 rings (SSSR count). The molecule has 0 saturated carbocycles. The Bertz CT molecular complexity index is 1230.